The van der Waals surface area contributed by atoms with E-state index in [1.54, 1.807) is 13.1 Å². The molecule has 0 saturated heterocycles. The van der Waals surface area contributed by atoms with Crippen molar-refractivity contribution in [1.82, 2.24) is 4.57 Å². The first kappa shape index (κ1) is 10.4. The van der Waals surface area contributed by atoms with Crippen LogP contribution in [0.3, 0.4) is 0 Å². The van der Waals surface area contributed by atoms with Gasteiger partial charge in [-0.25, -0.2) is 12.8 Å². The zero-order valence-electron chi connectivity index (χ0n) is 7.74. The van der Waals surface area contributed by atoms with Gasteiger partial charge in [-0.2, -0.15) is 0 Å². The van der Waals surface area contributed by atoms with Crippen molar-refractivity contribution in [3.8, 4) is 0 Å². The number of nitrogens with zero attached hydrogens (tertiary/aromatic N) is 1. The Hall–Kier alpha value is -1.07. The first-order valence-electron chi connectivity index (χ1n) is 4.09. The number of aromatic nitrogens is 1. The van der Waals surface area contributed by atoms with Crippen LogP contribution in [0.4, 0.5) is 4.39 Å². The van der Waals surface area contributed by atoms with Gasteiger partial charge in [0.1, 0.15) is 10.7 Å². The van der Waals surface area contributed by atoms with E-state index in [1.807, 2.05) is 0 Å². The molecular weight excluding hydrogens is 241 g/mol. The van der Waals surface area contributed by atoms with E-state index in [4.69, 9.17) is 10.7 Å². The minimum absolute atomic E-state index is 0.0370. The monoisotopic (exact) mass is 247 g/mol. The third kappa shape index (κ3) is 1.61. The molecule has 0 unspecified atom stereocenters. The molecule has 15 heavy (non-hydrogen) atoms. The average molecular weight is 248 g/mol. The van der Waals surface area contributed by atoms with Crippen molar-refractivity contribution in [3.05, 3.63) is 30.2 Å². The fraction of sp³-hybridized carbons (Fsp3) is 0.111. The summed E-state index contributed by atoms with van der Waals surface area (Å²) in [5, 5.41) is 0.0370. The second-order valence-electron chi connectivity index (χ2n) is 3.18. The Morgan fingerprint density at radius 1 is 1.40 bits per heavy atom. The van der Waals surface area contributed by atoms with Gasteiger partial charge >= 0.3 is 0 Å². The van der Waals surface area contributed by atoms with Crippen LogP contribution in [-0.4, -0.2) is 13.0 Å². The van der Waals surface area contributed by atoms with Crippen LogP contribution in [0.1, 0.15) is 0 Å². The molecule has 0 amide bonds. The van der Waals surface area contributed by atoms with Crippen molar-refractivity contribution in [2.24, 2.45) is 7.05 Å². The van der Waals surface area contributed by atoms with Crippen molar-refractivity contribution >= 4 is 30.6 Å². The van der Waals surface area contributed by atoms with Gasteiger partial charge in [0.05, 0.1) is 10.9 Å². The van der Waals surface area contributed by atoms with Crippen LogP contribution in [0, 0.1) is 5.82 Å². The summed E-state index contributed by atoms with van der Waals surface area (Å²) in [5.74, 6) is -0.590. The molecule has 80 valence electrons. The zero-order chi connectivity index (χ0) is 11.2. The maximum atomic E-state index is 13.5. The van der Waals surface area contributed by atoms with E-state index in [0.29, 0.717) is 5.52 Å². The van der Waals surface area contributed by atoms with E-state index < -0.39 is 14.9 Å². The highest BCUT2D eigenvalue weighted by molar-refractivity contribution is 8.14. The van der Waals surface area contributed by atoms with E-state index in [-0.39, 0.29) is 10.3 Å². The number of benzene rings is 1. The van der Waals surface area contributed by atoms with E-state index in [0.717, 1.165) is 0 Å². The molecule has 6 heteroatoms. The Morgan fingerprint density at radius 2 is 2.07 bits per heavy atom. The minimum Gasteiger partial charge on any atom is -0.349 e. The maximum absolute atomic E-state index is 13.5. The van der Waals surface area contributed by atoms with Crippen molar-refractivity contribution in [2.45, 2.75) is 4.90 Å². The fourth-order valence-electron chi connectivity index (χ4n) is 1.55. The van der Waals surface area contributed by atoms with E-state index in [1.165, 1.54) is 22.9 Å². The summed E-state index contributed by atoms with van der Waals surface area (Å²) < 4.78 is 37.4. The molecule has 0 spiro atoms. The predicted octanol–water partition coefficient (Wildman–Crippen LogP) is 2.24. The first-order valence-corrected chi connectivity index (χ1v) is 6.40. The summed E-state index contributed by atoms with van der Waals surface area (Å²) in [6.45, 7) is 0. The molecule has 0 fully saturated rings. The van der Waals surface area contributed by atoms with Gasteiger partial charge in [-0.1, -0.05) is 6.07 Å². The number of hydrogen-bond donors (Lipinski definition) is 0. The highest BCUT2D eigenvalue weighted by Crippen LogP contribution is 2.29. The molecule has 1 heterocycles. The Balaban J connectivity index is 3.01. The third-order valence-corrected chi connectivity index (χ3v) is 3.53. The van der Waals surface area contributed by atoms with E-state index >= 15 is 0 Å². The molecule has 0 aliphatic rings. The highest BCUT2D eigenvalue weighted by atomic mass is 35.7. The topological polar surface area (TPSA) is 39.1 Å². The third-order valence-electron chi connectivity index (χ3n) is 2.19. The lowest BCUT2D eigenvalue weighted by atomic mass is 10.2. The van der Waals surface area contributed by atoms with E-state index in [2.05, 4.69) is 0 Å². The maximum Gasteiger partial charge on any atom is 0.263 e. The lowest BCUT2D eigenvalue weighted by molar-refractivity contribution is 0.608. The molecule has 0 N–H and O–H groups in total. The normalized spacial score (nSPS) is 12.2. The molecule has 1 aromatic heterocycles. The average Bonchev–Trinajstić information content (AvgIpc) is 2.45. The highest BCUT2D eigenvalue weighted by Gasteiger charge is 2.20. The molecule has 0 atom stereocenters. The Bertz CT molecular complexity index is 633. The zero-order valence-corrected chi connectivity index (χ0v) is 9.31. The molecule has 0 saturated carbocycles. The Labute approximate surface area is 90.5 Å². The summed E-state index contributed by atoms with van der Waals surface area (Å²) in [7, 11) is 2.93. The summed E-state index contributed by atoms with van der Waals surface area (Å²) in [4.78, 5) is -0.195. The summed E-state index contributed by atoms with van der Waals surface area (Å²) in [6, 6.07) is 4.35. The number of hydrogen-bond acceptors (Lipinski definition) is 2. The molecule has 2 aromatic rings. The number of rotatable bonds is 1. The SMILES string of the molecule is Cn1cc(S(=O)(=O)Cl)c2c(F)cccc21. The van der Waals surface area contributed by atoms with Crippen LogP contribution in [-0.2, 0) is 16.1 Å². The largest absolute Gasteiger partial charge is 0.349 e. The van der Waals surface area contributed by atoms with Gasteiger partial charge in [-0.3, -0.25) is 0 Å². The molecule has 2 rings (SSSR count). The van der Waals surface area contributed by atoms with Gasteiger partial charge in [0, 0.05) is 23.9 Å². The van der Waals surface area contributed by atoms with Crippen molar-refractivity contribution in [2.75, 3.05) is 0 Å². The molecule has 0 radical (unpaired) electrons. The van der Waals surface area contributed by atoms with E-state index in [9.17, 15) is 12.8 Å². The lowest BCUT2D eigenvalue weighted by Gasteiger charge is -1.96. The van der Waals surface area contributed by atoms with Crippen LogP contribution >= 0.6 is 10.7 Å². The van der Waals surface area contributed by atoms with Gasteiger partial charge in [-0.15, -0.1) is 0 Å². The summed E-state index contributed by atoms with van der Waals surface area (Å²) in [5.41, 5.74) is 0.495. The molecule has 1 aromatic carbocycles. The van der Waals surface area contributed by atoms with Crippen LogP contribution in [0.5, 0.6) is 0 Å². The smallest absolute Gasteiger partial charge is 0.263 e. The Morgan fingerprint density at radius 3 is 2.67 bits per heavy atom. The van der Waals surface area contributed by atoms with Crippen LogP contribution in [0.2, 0.25) is 0 Å². The van der Waals surface area contributed by atoms with Crippen molar-refractivity contribution < 1.29 is 12.8 Å². The lowest BCUT2D eigenvalue weighted by Crippen LogP contribution is -1.89. The number of aryl methyl sites for hydroxylation is 1. The summed E-state index contributed by atoms with van der Waals surface area (Å²) in [6.07, 6.45) is 1.30. The standard InChI is InChI=1S/C9H7ClFNO2S/c1-12-5-8(15(10,13)14)9-6(11)3-2-4-7(9)12/h2-5H,1H3. The predicted molar refractivity (Wildman–Crippen MR) is 55.9 cm³/mol. The molecular formula is C9H7ClFNO2S. The molecule has 3 nitrogen and oxygen atoms in total. The Kier molecular flexibility index (Phi) is 2.24. The van der Waals surface area contributed by atoms with Gasteiger partial charge in [0.2, 0.25) is 0 Å². The van der Waals surface area contributed by atoms with Crippen molar-refractivity contribution in [1.29, 1.82) is 0 Å². The van der Waals surface area contributed by atoms with Crippen LogP contribution in [0.25, 0.3) is 10.9 Å². The quantitative estimate of drug-likeness (QED) is 0.725. The van der Waals surface area contributed by atoms with Crippen molar-refractivity contribution in [3.63, 3.8) is 0 Å². The van der Waals surface area contributed by atoms with Gasteiger partial charge in [0.25, 0.3) is 9.05 Å². The first-order chi connectivity index (χ1) is 6.91. The van der Waals surface area contributed by atoms with Crippen LogP contribution < -0.4 is 0 Å². The number of fused-ring (bicyclic) bond motifs is 1. The fourth-order valence-corrected chi connectivity index (χ4v) is 2.63. The second-order valence-corrected chi connectivity index (χ2v) is 5.71. The summed E-state index contributed by atoms with van der Waals surface area (Å²) >= 11 is 0. The second kappa shape index (κ2) is 3.21. The number of halogens is 2. The van der Waals surface area contributed by atoms with Crippen LogP contribution in [0.15, 0.2) is 29.3 Å². The van der Waals surface area contributed by atoms with Gasteiger partial charge < -0.3 is 4.57 Å². The minimum atomic E-state index is -3.92. The molecule has 0 bridgehead atoms. The van der Waals surface area contributed by atoms with Gasteiger partial charge in [0.15, 0.2) is 0 Å². The van der Waals surface area contributed by atoms with Gasteiger partial charge in [-0.05, 0) is 12.1 Å². The molecule has 0 aliphatic heterocycles. The molecule has 0 aliphatic carbocycles.